The standard InChI is InChI=1S/C24H28N2O4S/c1-16-13-17(2)15-25(14-16)22-21(20-5-4-12-31-20)23(27)26(24(22)28)10-11-30-19-8-6-18(29-3)7-9-19/h4-9,12,16-17H,10-11,13-15H2,1-3H3. The van der Waals surface area contributed by atoms with E-state index in [2.05, 4.69) is 18.7 Å². The first-order valence-electron chi connectivity index (χ1n) is 10.6. The Labute approximate surface area is 187 Å². The summed E-state index contributed by atoms with van der Waals surface area (Å²) in [4.78, 5) is 31.0. The van der Waals surface area contributed by atoms with E-state index in [1.165, 1.54) is 16.2 Å². The predicted molar refractivity (Wildman–Crippen MR) is 121 cm³/mol. The molecule has 2 amide bonds. The lowest BCUT2D eigenvalue weighted by atomic mass is 9.91. The van der Waals surface area contributed by atoms with Crippen LogP contribution in [0, 0.1) is 11.8 Å². The maximum absolute atomic E-state index is 13.4. The molecule has 164 valence electrons. The molecule has 0 N–H and O–H groups in total. The molecule has 3 heterocycles. The maximum Gasteiger partial charge on any atom is 0.278 e. The molecule has 2 atom stereocenters. The zero-order chi connectivity index (χ0) is 22.0. The highest BCUT2D eigenvalue weighted by Crippen LogP contribution is 2.36. The van der Waals surface area contributed by atoms with Crippen LogP contribution in [0.25, 0.3) is 5.57 Å². The zero-order valence-corrected chi connectivity index (χ0v) is 19.0. The highest BCUT2D eigenvalue weighted by Gasteiger charge is 2.43. The van der Waals surface area contributed by atoms with Gasteiger partial charge in [-0.3, -0.25) is 14.5 Å². The summed E-state index contributed by atoms with van der Waals surface area (Å²) >= 11 is 1.49. The van der Waals surface area contributed by atoms with Crippen LogP contribution < -0.4 is 9.47 Å². The minimum Gasteiger partial charge on any atom is -0.497 e. The number of amides is 2. The number of likely N-dealkylation sites (tertiary alicyclic amines) is 1. The number of hydrogen-bond acceptors (Lipinski definition) is 6. The van der Waals surface area contributed by atoms with Gasteiger partial charge in [-0.25, -0.2) is 0 Å². The largest absolute Gasteiger partial charge is 0.497 e. The predicted octanol–water partition coefficient (Wildman–Crippen LogP) is 3.89. The first kappa shape index (κ1) is 21.4. The lowest BCUT2D eigenvalue weighted by molar-refractivity contribution is -0.138. The molecule has 0 saturated carbocycles. The van der Waals surface area contributed by atoms with Crippen LogP contribution in [0.15, 0.2) is 47.5 Å². The lowest BCUT2D eigenvalue weighted by Gasteiger charge is -2.37. The second-order valence-electron chi connectivity index (χ2n) is 8.34. The van der Waals surface area contributed by atoms with Gasteiger partial charge >= 0.3 is 0 Å². The van der Waals surface area contributed by atoms with Gasteiger partial charge in [-0.2, -0.15) is 0 Å². The van der Waals surface area contributed by atoms with E-state index in [-0.39, 0.29) is 25.0 Å². The average molecular weight is 441 g/mol. The summed E-state index contributed by atoms with van der Waals surface area (Å²) in [6.45, 7) is 6.45. The molecule has 4 rings (SSSR count). The second kappa shape index (κ2) is 9.14. The first-order chi connectivity index (χ1) is 15.0. The summed E-state index contributed by atoms with van der Waals surface area (Å²) < 4.78 is 10.9. The SMILES string of the molecule is COc1ccc(OCCN2C(=O)C(c3cccs3)=C(N3CC(C)CC(C)C3)C2=O)cc1. The third-order valence-electron chi connectivity index (χ3n) is 5.74. The van der Waals surface area contributed by atoms with Crippen molar-refractivity contribution in [3.63, 3.8) is 0 Å². The molecule has 0 aliphatic carbocycles. The van der Waals surface area contributed by atoms with Crippen molar-refractivity contribution in [3.8, 4) is 11.5 Å². The Kier molecular flexibility index (Phi) is 6.32. The Morgan fingerprint density at radius 2 is 1.68 bits per heavy atom. The highest BCUT2D eigenvalue weighted by atomic mass is 32.1. The van der Waals surface area contributed by atoms with Crippen LogP contribution in [0.1, 0.15) is 25.1 Å². The van der Waals surface area contributed by atoms with Crippen molar-refractivity contribution in [2.75, 3.05) is 33.4 Å². The number of piperidine rings is 1. The number of thiophene rings is 1. The monoisotopic (exact) mass is 440 g/mol. The molecule has 7 heteroatoms. The topological polar surface area (TPSA) is 59.1 Å². The highest BCUT2D eigenvalue weighted by molar-refractivity contribution is 7.11. The summed E-state index contributed by atoms with van der Waals surface area (Å²) in [5, 5.41) is 1.94. The third kappa shape index (κ3) is 4.46. The number of rotatable bonds is 7. The molecular formula is C24H28N2O4S. The molecule has 31 heavy (non-hydrogen) atoms. The number of ether oxygens (including phenoxy) is 2. The van der Waals surface area contributed by atoms with Gasteiger partial charge in [-0.15, -0.1) is 11.3 Å². The van der Waals surface area contributed by atoms with Gasteiger partial charge in [-0.1, -0.05) is 19.9 Å². The van der Waals surface area contributed by atoms with Crippen molar-refractivity contribution < 1.29 is 19.1 Å². The van der Waals surface area contributed by atoms with Crippen LogP contribution >= 0.6 is 11.3 Å². The van der Waals surface area contributed by atoms with Crippen LogP contribution in [0.4, 0.5) is 0 Å². The van der Waals surface area contributed by atoms with Crippen molar-refractivity contribution in [2.45, 2.75) is 20.3 Å². The fourth-order valence-electron chi connectivity index (χ4n) is 4.47. The zero-order valence-electron chi connectivity index (χ0n) is 18.2. The Morgan fingerprint density at radius 1 is 1.00 bits per heavy atom. The molecule has 1 aromatic carbocycles. The molecular weight excluding hydrogens is 412 g/mol. The van der Waals surface area contributed by atoms with E-state index in [4.69, 9.17) is 9.47 Å². The number of benzene rings is 1. The van der Waals surface area contributed by atoms with E-state index in [0.717, 1.165) is 30.1 Å². The summed E-state index contributed by atoms with van der Waals surface area (Å²) in [6.07, 6.45) is 1.14. The van der Waals surface area contributed by atoms with Gasteiger partial charge in [0.05, 0.1) is 19.2 Å². The fourth-order valence-corrected chi connectivity index (χ4v) is 5.24. The quantitative estimate of drug-likeness (QED) is 0.612. The molecule has 2 aromatic rings. The van der Waals surface area contributed by atoms with E-state index in [0.29, 0.717) is 28.9 Å². The molecule has 0 spiro atoms. The number of methoxy groups -OCH3 is 1. The van der Waals surface area contributed by atoms with E-state index in [1.54, 1.807) is 7.11 Å². The minimum absolute atomic E-state index is 0.209. The normalized spacial score (nSPS) is 21.8. The molecule has 1 aromatic heterocycles. The Bertz CT molecular complexity index is 958. The smallest absolute Gasteiger partial charge is 0.278 e. The Hall–Kier alpha value is -2.80. The summed E-state index contributed by atoms with van der Waals surface area (Å²) in [5.74, 6) is 1.94. The van der Waals surface area contributed by atoms with Gasteiger partial charge in [0.2, 0.25) is 0 Å². The van der Waals surface area contributed by atoms with Gasteiger partial charge in [0.1, 0.15) is 23.8 Å². The van der Waals surface area contributed by atoms with Crippen LogP contribution in [0.3, 0.4) is 0 Å². The third-order valence-corrected chi connectivity index (χ3v) is 6.63. The van der Waals surface area contributed by atoms with Gasteiger partial charge in [-0.05, 0) is 54.0 Å². The summed E-state index contributed by atoms with van der Waals surface area (Å²) in [5.41, 5.74) is 1.08. The van der Waals surface area contributed by atoms with E-state index >= 15 is 0 Å². The minimum atomic E-state index is -0.230. The van der Waals surface area contributed by atoms with Crippen molar-refractivity contribution in [3.05, 3.63) is 52.4 Å². The molecule has 2 aliphatic rings. The van der Waals surface area contributed by atoms with E-state index < -0.39 is 0 Å². The van der Waals surface area contributed by atoms with Crippen molar-refractivity contribution in [2.24, 2.45) is 11.8 Å². The number of carbonyl (C=O) groups is 2. The average Bonchev–Trinajstić information content (AvgIpc) is 3.35. The summed E-state index contributed by atoms with van der Waals surface area (Å²) in [6, 6.07) is 11.1. The molecule has 2 unspecified atom stereocenters. The molecule has 6 nitrogen and oxygen atoms in total. The molecule has 1 fully saturated rings. The fraction of sp³-hybridized carbons (Fsp3) is 0.417. The number of nitrogens with zero attached hydrogens (tertiary/aromatic N) is 2. The van der Waals surface area contributed by atoms with Crippen LogP contribution in [-0.2, 0) is 9.59 Å². The lowest BCUT2D eigenvalue weighted by Crippen LogP contribution is -2.42. The van der Waals surface area contributed by atoms with E-state index in [9.17, 15) is 9.59 Å². The van der Waals surface area contributed by atoms with Gasteiger partial charge in [0.25, 0.3) is 11.8 Å². The van der Waals surface area contributed by atoms with Crippen molar-refractivity contribution in [1.82, 2.24) is 9.80 Å². The summed E-state index contributed by atoms with van der Waals surface area (Å²) in [7, 11) is 1.61. The van der Waals surface area contributed by atoms with Crippen LogP contribution in [0.5, 0.6) is 11.5 Å². The molecule has 0 radical (unpaired) electrons. The Balaban J connectivity index is 1.52. The van der Waals surface area contributed by atoms with Crippen LogP contribution in [0.2, 0.25) is 0 Å². The van der Waals surface area contributed by atoms with Crippen LogP contribution in [-0.4, -0.2) is 55.0 Å². The van der Waals surface area contributed by atoms with Gasteiger partial charge in [0, 0.05) is 18.0 Å². The van der Waals surface area contributed by atoms with Crippen molar-refractivity contribution in [1.29, 1.82) is 0 Å². The van der Waals surface area contributed by atoms with Crippen molar-refractivity contribution >= 4 is 28.7 Å². The maximum atomic E-state index is 13.4. The second-order valence-corrected chi connectivity index (χ2v) is 9.29. The van der Waals surface area contributed by atoms with E-state index in [1.807, 2.05) is 41.8 Å². The number of carbonyl (C=O) groups excluding carboxylic acids is 2. The molecule has 0 bridgehead atoms. The number of hydrogen-bond donors (Lipinski definition) is 0. The first-order valence-corrected chi connectivity index (χ1v) is 11.5. The molecule has 1 saturated heterocycles. The van der Waals surface area contributed by atoms with Gasteiger partial charge in [0.15, 0.2) is 0 Å². The Morgan fingerprint density at radius 3 is 2.29 bits per heavy atom. The number of imide groups is 1. The van der Waals surface area contributed by atoms with Gasteiger partial charge < -0.3 is 14.4 Å². The molecule has 2 aliphatic heterocycles.